The lowest BCUT2D eigenvalue weighted by Gasteiger charge is -2.21. The summed E-state index contributed by atoms with van der Waals surface area (Å²) >= 11 is 5.88. The normalized spacial score (nSPS) is 13.7. The SMILES string of the molecule is CC(NS(=O)(=O)N(C)CCCO)c1cccc(Cl)c1. The Bertz CT molecular complexity index is 507. The van der Waals surface area contributed by atoms with Crippen LogP contribution in [0.4, 0.5) is 0 Å². The van der Waals surface area contributed by atoms with Crippen molar-refractivity contribution in [2.45, 2.75) is 19.4 Å². The summed E-state index contributed by atoms with van der Waals surface area (Å²) in [5.41, 5.74) is 0.798. The quantitative estimate of drug-likeness (QED) is 0.803. The summed E-state index contributed by atoms with van der Waals surface area (Å²) in [5.74, 6) is 0. The Hall–Kier alpha value is -0.660. The van der Waals surface area contributed by atoms with E-state index in [1.807, 2.05) is 6.07 Å². The Kier molecular flexibility index (Phi) is 6.22. The maximum Gasteiger partial charge on any atom is 0.279 e. The zero-order valence-corrected chi connectivity index (χ0v) is 12.6. The first-order valence-corrected chi connectivity index (χ1v) is 7.78. The largest absolute Gasteiger partial charge is 0.396 e. The first-order chi connectivity index (χ1) is 8.86. The third kappa shape index (κ3) is 5.08. The van der Waals surface area contributed by atoms with Gasteiger partial charge in [0.25, 0.3) is 10.2 Å². The van der Waals surface area contributed by atoms with Crippen LogP contribution in [0.1, 0.15) is 24.9 Å². The van der Waals surface area contributed by atoms with Crippen molar-refractivity contribution < 1.29 is 13.5 Å². The van der Waals surface area contributed by atoms with Gasteiger partial charge in [-0.15, -0.1) is 0 Å². The van der Waals surface area contributed by atoms with Gasteiger partial charge in [-0.05, 0) is 31.0 Å². The van der Waals surface area contributed by atoms with Gasteiger partial charge in [0.15, 0.2) is 0 Å². The summed E-state index contributed by atoms with van der Waals surface area (Å²) in [7, 11) is -2.09. The summed E-state index contributed by atoms with van der Waals surface area (Å²) in [6.45, 7) is 1.99. The molecule has 1 atom stereocenters. The summed E-state index contributed by atoms with van der Waals surface area (Å²) in [4.78, 5) is 0. The average Bonchev–Trinajstić information content (AvgIpc) is 2.35. The van der Waals surface area contributed by atoms with Gasteiger partial charge in [0, 0.05) is 31.3 Å². The smallest absolute Gasteiger partial charge is 0.279 e. The van der Waals surface area contributed by atoms with Crippen LogP contribution in [0, 0.1) is 0 Å². The second-order valence-corrected chi connectivity index (χ2v) is 6.54. The zero-order valence-electron chi connectivity index (χ0n) is 11.0. The zero-order chi connectivity index (χ0) is 14.5. The van der Waals surface area contributed by atoms with E-state index in [0.29, 0.717) is 11.4 Å². The van der Waals surface area contributed by atoms with Crippen molar-refractivity contribution in [3.05, 3.63) is 34.9 Å². The van der Waals surface area contributed by atoms with Gasteiger partial charge >= 0.3 is 0 Å². The van der Waals surface area contributed by atoms with E-state index in [2.05, 4.69) is 4.72 Å². The number of aliphatic hydroxyl groups is 1. The molecule has 19 heavy (non-hydrogen) atoms. The highest BCUT2D eigenvalue weighted by molar-refractivity contribution is 7.87. The molecule has 0 saturated carbocycles. The minimum atomic E-state index is -3.56. The molecule has 0 aliphatic carbocycles. The topological polar surface area (TPSA) is 69.6 Å². The molecular formula is C12H19ClN2O3S. The third-order valence-corrected chi connectivity index (χ3v) is 4.61. The van der Waals surface area contributed by atoms with Crippen molar-refractivity contribution in [3.8, 4) is 0 Å². The number of nitrogens with one attached hydrogen (secondary N) is 1. The lowest BCUT2D eigenvalue weighted by Crippen LogP contribution is -2.40. The van der Waals surface area contributed by atoms with Crippen molar-refractivity contribution in [2.24, 2.45) is 0 Å². The summed E-state index contributed by atoms with van der Waals surface area (Å²) < 4.78 is 27.8. The first kappa shape index (κ1) is 16.4. The molecule has 0 aliphatic heterocycles. The van der Waals surface area contributed by atoms with Crippen LogP contribution in [0.5, 0.6) is 0 Å². The molecule has 2 N–H and O–H groups in total. The van der Waals surface area contributed by atoms with Gasteiger partial charge in [0.05, 0.1) is 0 Å². The molecule has 108 valence electrons. The standard InChI is InChI=1S/C12H19ClN2O3S/c1-10(11-5-3-6-12(13)9-11)14-19(17,18)15(2)7-4-8-16/h3,5-6,9-10,14,16H,4,7-8H2,1-2H3. The highest BCUT2D eigenvalue weighted by Gasteiger charge is 2.20. The van der Waals surface area contributed by atoms with Crippen LogP contribution in [0.15, 0.2) is 24.3 Å². The van der Waals surface area contributed by atoms with Crippen LogP contribution in [-0.4, -0.2) is 38.0 Å². The second kappa shape index (κ2) is 7.21. The number of nitrogens with zero attached hydrogens (tertiary/aromatic N) is 1. The van der Waals surface area contributed by atoms with Gasteiger partial charge in [-0.25, -0.2) is 0 Å². The van der Waals surface area contributed by atoms with Crippen molar-refractivity contribution in [1.29, 1.82) is 0 Å². The lowest BCUT2D eigenvalue weighted by atomic mass is 10.1. The molecule has 1 aromatic carbocycles. The number of benzene rings is 1. The highest BCUT2D eigenvalue weighted by Crippen LogP contribution is 2.18. The lowest BCUT2D eigenvalue weighted by molar-refractivity contribution is 0.275. The second-order valence-electron chi connectivity index (χ2n) is 4.30. The van der Waals surface area contributed by atoms with Gasteiger partial charge < -0.3 is 5.11 Å². The molecule has 0 spiro atoms. The summed E-state index contributed by atoms with van der Waals surface area (Å²) in [6.07, 6.45) is 0.406. The Morgan fingerprint density at radius 3 is 2.74 bits per heavy atom. The molecule has 5 nitrogen and oxygen atoms in total. The first-order valence-electron chi connectivity index (χ1n) is 5.96. The fourth-order valence-corrected chi connectivity index (χ4v) is 2.90. The van der Waals surface area contributed by atoms with Crippen molar-refractivity contribution in [2.75, 3.05) is 20.2 Å². The molecule has 7 heteroatoms. The van der Waals surface area contributed by atoms with E-state index in [1.165, 1.54) is 11.4 Å². The molecule has 0 saturated heterocycles. The van der Waals surface area contributed by atoms with Gasteiger partial charge in [0.1, 0.15) is 0 Å². The van der Waals surface area contributed by atoms with Crippen LogP contribution in [0.3, 0.4) is 0 Å². The van der Waals surface area contributed by atoms with Crippen molar-refractivity contribution >= 4 is 21.8 Å². The molecule has 0 bridgehead atoms. The number of halogens is 1. The monoisotopic (exact) mass is 306 g/mol. The Balaban J connectivity index is 2.72. The van der Waals surface area contributed by atoms with E-state index >= 15 is 0 Å². The predicted molar refractivity (Wildman–Crippen MR) is 76.3 cm³/mol. The average molecular weight is 307 g/mol. The Morgan fingerprint density at radius 1 is 1.47 bits per heavy atom. The van der Waals surface area contributed by atoms with Crippen LogP contribution in [0.25, 0.3) is 0 Å². The van der Waals surface area contributed by atoms with E-state index in [-0.39, 0.29) is 19.2 Å². The fourth-order valence-electron chi connectivity index (χ4n) is 1.57. The van der Waals surface area contributed by atoms with E-state index in [4.69, 9.17) is 16.7 Å². The molecule has 0 radical (unpaired) electrons. The van der Waals surface area contributed by atoms with Crippen LogP contribution >= 0.6 is 11.6 Å². The molecule has 0 fully saturated rings. The van der Waals surface area contributed by atoms with Crippen molar-refractivity contribution in [3.63, 3.8) is 0 Å². The number of rotatable bonds is 7. The minimum Gasteiger partial charge on any atom is -0.396 e. The maximum atomic E-state index is 12.0. The van der Waals surface area contributed by atoms with Gasteiger partial charge in [0.2, 0.25) is 0 Å². The van der Waals surface area contributed by atoms with Gasteiger partial charge in [-0.3, -0.25) is 0 Å². The molecule has 0 aliphatic rings. The van der Waals surface area contributed by atoms with Crippen LogP contribution < -0.4 is 4.72 Å². The highest BCUT2D eigenvalue weighted by atomic mass is 35.5. The minimum absolute atomic E-state index is 0.0380. The third-order valence-electron chi connectivity index (χ3n) is 2.72. The van der Waals surface area contributed by atoms with Gasteiger partial charge in [-0.2, -0.15) is 17.4 Å². The number of aliphatic hydroxyl groups excluding tert-OH is 1. The van der Waals surface area contributed by atoms with E-state index in [0.717, 1.165) is 5.56 Å². The van der Waals surface area contributed by atoms with Crippen LogP contribution in [0.2, 0.25) is 5.02 Å². The molecular weight excluding hydrogens is 288 g/mol. The molecule has 1 unspecified atom stereocenters. The summed E-state index contributed by atoms with van der Waals surface area (Å²) in [6, 6.07) is 6.67. The van der Waals surface area contributed by atoms with Gasteiger partial charge in [-0.1, -0.05) is 23.7 Å². The number of hydrogen-bond acceptors (Lipinski definition) is 3. The number of hydrogen-bond donors (Lipinski definition) is 2. The molecule has 0 aromatic heterocycles. The molecule has 1 rings (SSSR count). The summed E-state index contributed by atoms with van der Waals surface area (Å²) in [5, 5.41) is 9.28. The Labute approximate surface area is 119 Å². The fraction of sp³-hybridized carbons (Fsp3) is 0.500. The maximum absolute atomic E-state index is 12.0. The molecule has 0 heterocycles. The van der Waals surface area contributed by atoms with Crippen molar-refractivity contribution in [1.82, 2.24) is 9.03 Å². The molecule has 1 aromatic rings. The van der Waals surface area contributed by atoms with E-state index < -0.39 is 10.2 Å². The Morgan fingerprint density at radius 2 is 2.16 bits per heavy atom. The van der Waals surface area contributed by atoms with E-state index in [1.54, 1.807) is 25.1 Å². The predicted octanol–water partition coefficient (Wildman–Crippen LogP) is 1.55. The molecule has 0 amide bonds. The van der Waals surface area contributed by atoms with E-state index in [9.17, 15) is 8.42 Å². The van der Waals surface area contributed by atoms with Crippen LogP contribution in [-0.2, 0) is 10.2 Å².